The Morgan fingerprint density at radius 1 is 1.17 bits per heavy atom. The molecule has 2 aliphatic carbocycles. The monoisotopic (exact) mass is 417 g/mol. The summed E-state index contributed by atoms with van der Waals surface area (Å²) in [6.07, 6.45) is 3.38. The Kier molecular flexibility index (Phi) is 5.16. The zero-order valence-corrected chi connectivity index (χ0v) is 16.9. The smallest absolute Gasteiger partial charge is 0.273 e. The van der Waals surface area contributed by atoms with Crippen molar-refractivity contribution in [3.8, 4) is 0 Å². The SMILES string of the molecule is CC(=O)Nc1ccc(S(=O)(=O)CC2CC(NC(=O)c3cc(C4CC4)on3)C2)cc1. The minimum atomic E-state index is -3.42. The molecular weight excluding hydrogens is 394 g/mol. The van der Waals surface area contributed by atoms with E-state index in [1.165, 1.54) is 19.1 Å². The highest BCUT2D eigenvalue weighted by molar-refractivity contribution is 7.91. The quantitative estimate of drug-likeness (QED) is 0.714. The van der Waals surface area contributed by atoms with E-state index in [4.69, 9.17) is 4.52 Å². The van der Waals surface area contributed by atoms with Crippen LogP contribution in [0.4, 0.5) is 5.69 Å². The van der Waals surface area contributed by atoms with Crippen molar-refractivity contribution >= 4 is 27.3 Å². The molecule has 0 saturated heterocycles. The van der Waals surface area contributed by atoms with Gasteiger partial charge in [0.2, 0.25) is 5.91 Å². The summed E-state index contributed by atoms with van der Waals surface area (Å²) in [6, 6.07) is 7.79. The topological polar surface area (TPSA) is 118 Å². The largest absolute Gasteiger partial charge is 0.360 e. The summed E-state index contributed by atoms with van der Waals surface area (Å²) in [4.78, 5) is 23.5. The first kappa shape index (κ1) is 19.6. The third-order valence-corrected chi connectivity index (χ3v) is 7.20. The zero-order valence-electron chi connectivity index (χ0n) is 16.1. The number of benzene rings is 1. The van der Waals surface area contributed by atoms with Crippen molar-refractivity contribution in [1.82, 2.24) is 10.5 Å². The highest BCUT2D eigenvalue weighted by Gasteiger charge is 2.35. The lowest BCUT2D eigenvalue weighted by Gasteiger charge is -2.35. The maximum atomic E-state index is 12.6. The Hall–Kier alpha value is -2.68. The van der Waals surface area contributed by atoms with Gasteiger partial charge in [0.15, 0.2) is 15.5 Å². The average Bonchev–Trinajstić information content (AvgIpc) is 3.36. The Morgan fingerprint density at radius 3 is 2.48 bits per heavy atom. The third kappa shape index (κ3) is 4.67. The van der Waals surface area contributed by atoms with E-state index in [1.54, 1.807) is 18.2 Å². The van der Waals surface area contributed by atoms with E-state index in [1.807, 2.05) is 0 Å². The summed E-state index contributed by atoms with van der Waals surface area (Å²) in [5.41, 5.74) is 0.836. The van der Waals surface area contributed by atoms with Gasteiger partial charge in [-0.15, -0.1) is 0 Å². The molecule has 0 aliphatic heterocycles. The Labute approximate surface area is 169 Å². The number of rotatable bonds is 7. The minimum absolute atomic E-state index is 0.000319. The first-order chi connectivity index (χ1) is 13.8. The van der Waals surface area contributed by atoms with Crippen molar-refractivity contribution in [1.29, 1.82) is 0 Å². The van der Waals surface area contributed by atoms with Crippen LogP contribution in [0.5, 0.6) is 0 Å². The van der Waals surface area contributed by atoms with E-state index < -0.39 is 9.84 Å². The van der Waals surface area contributed by atoms with Gasteiger partial charge in [0, 0.05) is 30.6 Å². The van der Waals surface area contributed by atoms with Gasteiger partial charge in [0.25, 0.3) is 5.91 Å². The lowest BCUT2D eigenvalue weighted by Crippen LogP contribution is -2.46. The molecule has 4 rings (SSSR count). The summed E-state index contributed by atoms with van der Waals surface area (Å²) in [5, 5.41) is 9.32. The van der Waals surface area contributed by atoms with E-state index in [-0.39, 0.29) is 40.1 Å². The van der Waals surface area contributed by atoms with E-state index in [2.05, 4.69) is 15.8 Å². The highest BCUT2D eigenvalue weighted by Crippen LogP contribution is 2.40. The van der Waals surface area contributed by atoms with Gasteiger partial charge >= 0.3 is 0 Å². The van der Waals surface area contributed by atoms with Crippen LogP contribution in [0.3, 0.4) is 0 Å². The van der Waals surface area contributed by atoms with Gasteiger partial charge in [-0.1, -0.05) is 5.16 Å². The number of anilines is 1. The normalized spacial score (nSPS) is 21.3. The molecule has 9 heteroatoms. The molecule has 0 atom stereocenters. The molecule has 0 bridgehead atoms. The number of sulfone groups is 1. The van der Waals surface area contributed by atoms with Crippen LogP contribution in [0.1, 0.15) is 54.8 Å². The fourth-order valence-electron chi connectivity index (χ4n) is 3.56. The van der Waals surface area contributed by atoms with Gasteiger partial charge in [-0.2, -0.15) is 0 Å². The van der Waals surface area contributed by atoms with Crippen LogP contribution in [0.2, 0.25) is 0 Å². The molecular formula is C20H23N3O5S. The molecule has 29 heavy (non-hydrogen) atoms. The lowest BCUT2D eigenvalue weighted by molar-refractivity contribution is -0.114. The van der Waals surface area contributed by atoms with Gasteiger partial charge in [0.05, 0.1) is 10.6 Å². The van der Waals surface area contributed by atoms with Crippen LogP contribution in [0.25, 0.3) is 0 Å². The third-order valence-electron chi connectivity index (χ3n) is 5.30. The van der Waals surface area contributed by atoms with Crippen LogP contribution in [0, 0.1) is 5.92 Å². The maximum absolute atomic E-state index is 12.6. The van der Waals surface area contributed by atoms with E-state index >= 15 is 0 Å². The van der Waals surface area contributed by atoms with Gasteiger partial charge in [-0.3, -0.25) is 9.59 Å². The van der Waals surface area contributed by atoms with E-state index in [0.29, 0.717) is 24.4 Å². The van der Waals surface area contributed by atoms with Crippen LogP contribution in [0.15, 0.2) is 39.8 Å². The van der Waals surface area contributed by atoms with Crippen molar-refractivity contribution in [2.45, 2.75) is 49.5 Å². The number of aromatic nitrogens is 1. The molecule has 2 fully saturated rings. The molecule has 0 radical (unpaired) electrons. The predicted molar refractivity (Wildman–Crippen MR) is 105 cm³/mol. The van der Waals surface area contributed by atoms with Gasteiger partial charge in [-0.05, 0) is 55.9 Å². The second-order valence-electron chi connectivity index (χ2n) is 7.88. The molecule has 154 valence electrons. The zero-order chi connectivity index (χ0) is 20.6. The number of hydrogen-bond acceptors (Lipinski definition) is 6. The van der Waals surface area contributed by atoms with E-state index in [0.717, 1.165) is 18.6 Å². The first-order valence-corrected chi connectivity index (χ1v) is 11.3. The summed E-state index contributed by atoms with van der Waals surface area (Å²) < 4.78 is 30.4. The predicted octanol–water partition coefficient (Wildman–Crippen LogP) is 2.49. The molecule has 1 aromatic carbocycles. The number of carbonyl (C=O) groups is 2. The number of carbonyl (C=O) groups excluding carboxylic acids is 2. The average molecular weight is 417 g/mol. The van der Waals surface area contributed by atoms with Crippen molar-refractivity contribution in [3.63, 3.8) is 0 Å². The summed E-state index contributed by atoms with van der Waals surface area (Å²) >= 11 is 0. The second-order valence-corrected chi connectivity index (χ2v) is 9.92. The molecule has 2 aromatic rings. The number of nitrogens with one attached hydrogen (secondary N) is 2. The summed E-state index contributed by atoms with van der Waals surface area (Å²) in [7, 11) is -3.42. The minimum Gasteiger partial charge on any atom is -0.360 e. The molecule has 2 N–H and O–H groups in total. The lowest BCUT2D eigenvalue weighted by atomic mass is 9.81. The molecule has 1 aromatic heterocycles. The first-order valence-electron chi connectivity index (χ1n) is 9.68. The molecule has 0 unspecified atom stereocenters. The molecule has 2 aliphatic rings. The summed E-state index contributed by atoms with van der Waals surface area (Å²) in [5.74, 6) is 0.707. The second kappa shape index (κ2) is 7.62. The van der Waals surface area contributed by atoms with Crippen LogP contribution < -0.4 is 10.6 Å². The van der Waals surface area contributed by atoms with Crippen molar-refractivity contribution in [3.05, 3.63) is 41.8 Å². The Balaban J connectivity index is 1.27. The fourth-order valence-corrected chi connectivity index (χ4v) is 5.20. The molecule has 2 amide bonds. The van der Waals surface area contributed by atoms with E-state index in [9.17, 15) is 18.0 Å². The number of hydrogen-bond donors (Lipinski definition) is 2. The van der Waals surface area contributed by atoms with Crippen molar-refractivity contribution in [2.24, 2.45) is 5.92 Å². The van der Waals surface area contributed by atoms with Crippen LogP contribution >= 0.6 is 0 Å². The molecule has 0 spiro atoms. The summed E-state index contributed by atoms with van der Waals surface area (Å²) in [6.45, 7) is 1.39. The van der Waals surface area contributed by atoms with Crippen LogP contribution in [-0.4, -0.2) is 37.2 Å². The molecule has 1 heterocycles. The number of amides is 2. The van der Waals surface area contributed by atoms with Crippen LogP contribution in [-0.2, 0) is 14.6 Å². The number of nitrogens with zero attached hydrogens (tertiary/aromatic N) is 1. The van der Waals surface area contributed by atoms with Gasteiger partial charge in [-0.25, -0.2) is 8.42 Å². The Morgan fingerprint density at radius 2 is 1.86 bits per heavy atom. The van der Waals surface area contributed by atoms with Gasteiger partial charge in [0.1, 0.15) is 5.76 Å². The van der Waals surface area contributed by atoms with Gasteiger partial charge < -0.3 is 15.2 Å². The molecule has 8 nitrogen and oxygen atoms in total. The fraction of sp³-hybridized carbons (Fsp3) is 0.450. The molecule has 2 saturated carbocycles. The standard InChI is InChI=1S/C20H23N3O5S/c1-12(24)21-15-4-6-17(7-5-15)29(26,27)11-13-8-16(9-13)22-20(25)18-10-19(28-23-18)14-2-3-14/h4-7,10,13-14,16H,2-3,8-9,11H2,1H3,(H,21,24)(H,22,25). The maximum Gasteiger partial charge on any atom is 0.273 e. The Bertz CT molecular complexity index is 1020. The van der Waals surface area contributed by atoms with Crippen molar-refractivity contribution in [2.75, 3.05) is 11.1 Å². The van der Waals surface area contributed by atoms with Crippen molar-refractivity contribution < 1.29 is 22.5 Å². The highest BCUT2D eigenvalue weighted by atomic mass is 32.2.